The molecule has 0 fully saturated rings. The van der Waals surface area contributed by atoms with Gasteiger partial charge in [0.2, 0.25) is 0 Å². The van der Waals surface area contributed by atoms with Crippen molar-refractivity contribution in [2.75, 3.05) is 20.6 Å². The molecular formula is C17H27INO2+. The predicted molar refractivity (Wildman–Crippen MR) is 96.0 cm³/mol. The number of hydrogen-bond donors (Lipinski definition) is 0. The molecule has 118 valence electrons. The van der Waals surface area contributed by atoms with E-state index in [2.05, 4.69) is 56.4 Å². The van der Waals surface area contributed by atoms with Gasteiger partial charge in [-0.3, -0.25) is 0 Å². The first-order chi connectivity index (χ1) is 9.44. The van der Waals surface area contributed by atoms with Crippen LogP contribution in [0.1, 0.15) is 44.7 Å². The summed E-state index contributed by atoms with van der Waals surface area (Å²) < 4.78 is 6.15. The van der Waals surface area contributed by atoms with Crippen LogP contribution in [0.4, 0.5) is 0 Å². The van der Waals surface area contributed by atoms with Gasteiger partial charge in [0.15, 0.2) is 6.54 Å². The van der Waals surface area contributed by atoms with Gasteiger partial charge >= 0.3 is 5.97 Å². The van der Waals surface area contributed by atoms with Crippen LogP contribution in [0.2, 0.25) is 0 Å². The van der Waals surface area contributed by atoms with E-state index in [4.69, 9.17) is 4.74 Å². The monoisotopic (exact) mass is 404 g/mol. The minimum absolute atomic E-state index is 0.0361. The molecule has 0 aliphatic rings. The zero-order chi connectivity index (χ0) is 16.4. The lowest BCUT2D eigenvalue weighted by Gasteiger charge is -2.39. The van der Waals surface area contributed by atoms with Crippen LogP contribution in [0.5, 0.6) is 5.75 Å². The Labute approximate surface area is 142 Å². The number of ether oxygens (including phenoxy) is 1. The molecule has 0 spiro atoms. The minimum atomic E-state index is -0.186. The molecule has 0 aromatic heterocycles. The van der Waals surface area contributed by atoms with Crippen LogP contribution in [-0.4, -0.2) is 34.6 Å². The van der Waals surface area contributed by atoms with Gasteiger partial charge in [0.05, 0.1) is 14.1 Å². The topological polar surface area (TPSA) is 26.3 Å². The fourth-order valence-corrected chi connectivity index (χ4v) is 1.92. The van der Waals surface area contributed by atoms with Crippen LogP contribution in [0.3, 0.4) is 0 Å². The first kappa shape index (κ1) is 18.4. The van der Waals surface area contributed by atoms with E-state index in [1.165, 1.54) is 5.56 Å². The van der Waals surface area contributed by atoms with Crippen LogP contribution < -0.4 is 4.74 Å². The van der Waals surface area contributed by atoms with Crippen molar-refractivity contribution in [3.8, 4) is 5.75 Å². The van der Waals surface area contributed by atoms with Crippen LogP contribution in [0, 0.1) is 6.92 Å². The van der Waals surface area contributed by atoms with Gasteiger partial charge in [-0.2, -0.15) is 0 Å². The predicted octanol–water partition coefficient (Wildman–Crippen LogP) is 4.27. The van der Waals surface area contributed by atoms with Crippen LogP contribution >= 0.6 is 22.6 Å². The maximum absolute atomic E-state index is 12.3. The molecule has 3 nitrogen and oxygen atoms in total. The second kappa shape index (κ2) is 6.65. The standard InChI is InChI=1S/C17H27INO2/c1-12(2)14-9-8-13(3)15(10-14)21-16(20)11-19(6,7)17(4,5)18/h8-10,12H,11H2,1-7H3/q+1. The summed E-state index contributed by atoms with van der Waals surface area (Å²) in [6, 6.07) is 6.08. The van der Waals surface area contributed by atoms with Gasteiger partial charge in [-0.15, -0.1) is 0 Å². The van der Waals surface area contributed by atoms with E-state index in [0.29, 0.717) is 22.7 Å². The zero-order valence-electron chi connectivity index (χ0n) is 14.2. The van der Waals surface area contributed by atoms with E-state index in [9.17, 15) is 4.79 Å². The van der Waals surface area contributed by atoms with E-state index < -0.39 is 0 Å². The van der Waals surface area contributed by atoms with Crippen molar-refractivity contribution >= 4 is 28.6 Å². The molecule has 21 heavy (non-hydrogen) atoms. The van der Waals surface area contributed by atoms with E-state index in [0.717, 1.165) is 5.56 Å². The summed E-state index contributed by atoms with van der Waals surface area (Å²) in [5, 5.41) is 0. The number of alkyl halides is 1. The number of rotatable bonds is 5. The molecule has 0 saturated carbocycles. The largest absolute Gasteiger partial charge is 0.422 e. The third kappa shape index (κ3) is 4.95. The van der Waals surface area contributed by atoms with Gasteiger partial charge in [-0.05, 0) is 66.5 Å². The van der Waals surface area contributed by atoms with Gasteiger partial charge in [0, 0.05) is 0 Å². The van der Waals surface area contributed by atoms with Gasteiger partial charge in [-0.25, -0.2) is 4.79 Å². The lowest BCUT2D eigenvalue weighted by atomic mass is 10.0. The van der Waals surface area contributed by atoms with Crippen molar-refractivity contribution in [1.82, 2.24) is 0 Å². The molecule has 1 aromatic carbocycles. The summed E-state index contributed by atoms with van der Waals surface area (Å²) in [4.78, 5) is 12.3. The van der Waals surface area contributed by atoms with Crippen LogP contribution in [0.25, 0.3) is 0 Å². The normalized spacial score (nSPS) is 12.6. The SMILES string of the molecule is Cc1ccc(C(C)C)cc1OC(=O)C[N+](C)(C)C(C)(C)I. The van der Waals surface area contributed by atoms with Crippen LogP contribution in [-0.2, 0) is 4.79 Å². The van der Waals surface area contributed by atoms with Crippen molar-refractivity contribution in [3.63, 3.8) is 0 Å². The Kier molecular flexibility index (Phi) is 5.83. The smallest absolute Gasteiger partial charge is 0.367 e. The first-order valence-electron chi connectivity index (χ1n) is 7.27. The Morgan fingerprint density at radius 3 is 2.38 bits per heavy atom. The number of benzene rings is 1. The molecule has 0 radical (unpaired) electrons. The van der Waals surface area contributed by atoms with E-state index in [1.54, 1.807) is 0 Å². The second-order valence-corrected chi connectivity index (χ2v) is 9.55. The molecule has 0 bridgehead atoms. The molecule has 0 saturated heterocycles. The van der Waals surface area contributed by atoms with Crippen molar-refractivity contribution < 1.29 is 14.0 Å². The number of carbonyl (C=O) groups is 1. The first-order valence-corrected chi connectivity index (χ1v) is 8.35. The van der Waals surface area contributed by atoms with Crippen molar-refractivity contribution in [2.24, 2.45) is 0 Å². The van der Waals surface area contributed by atoms with Crippen molar-refractivity contribution in [1.29, 1.82) is 0 Å². The zero-order valence-corrected chi connectivity index (χ0v) is 16.3. The molecule has 1 rings (SSSR count). The summed E-state index contributed by atoms with van der Waals surface area (Å²) in [5.41, 5.74) is 2.18. The third-order valence-electron chi connectivity index (χ3n) is 4.07. The van der Waals surface area contributed by atoms with Gasteiger partial charge in [0.25, 0.3) is 0 Å². The van der Waals surface area contributed by atoms with Gasteiger partial charge in [0.1, 0.15) is 9.30 Å². The Morgan fingerprint density at radius 1 is 1.33 bits per heavy atom. The lowest BCUT2D eigenvalue weighted by molar-refractivity contribution is -0.909. The average Bonchev–Trinajstić information content (AvgIpc) is 2.29. The van der Waals surface area contributed by atoms with Crippen molar-refractivity contribution in [2.45, 2.75) is 44.1 Å². The highest BCUT2D eigenvalue weighted by Crippen LogP contribution is 2.28. The summed E-state index contributed by atoms with van der Waals surface area (Å²) in [6.45, 7) is 10.8. The van der Waals surface area contributed by atoms with E-state index in [1.807, 2.05) is 33.2 Å². The Bertz CT molecular complexity index is 516. The van der Waals surface area contributed by atoms with Gasteiger partial charge < -0.3 is 9.22 Å². The second-order valence-electron chi connectivity index (χ2n) is 6.91. The molecule has 0 aliphatic heterocycles. The summed E-state index contributed by atoms with van der Waals surface area (Å²) in [6.07, 6.45) is 0. The molecule has 1 aromatic rings. The highest BCUT2D eigenvalue weighted by molar-refractivity contribution is 14.1. The number of aryl methyl sites for hydroxylation is 1. The van der Waals surface area contributed by atoms with Crippen molar-refractivity contribution in [3.05, 3.63) is 29.3 Å². The highest BCUT2D eigenvalue weighted by atomic mass is 127. The number of halogens is 1. The number of quaternary nitrogens is 1. The number of likely N-dealkylation sites (N-methyl/N-ethyl adjacent to an activating group) is 1. The third-order valence-corrected chi connectivity index (χ3v) is 5.37. The lowest BCUT2D eigenvalue weighted by Crippen LogP contribution is -2.55. The molecule has 0 N–H and O–H groups in total. The van der Waals surface area contributed by atoms with Crippen LogP contribution in [0.15, 0.2) is 18.2 Å². The molecule has 0 heterocycles. The fourth-order valence-electron chi connectivity index (χ4n) is 1.75. The average molecular weight is 404 g/mol. The number of hydrogen-bond acceptors (Lipinski definition) is 2. The Morgan fingerprint density at radius 2 is 1.90 bits per heavy atom. The summed E-state index contributed by atoms with van der Waals surface area (Å²) in [5.74, 6) is 0.912. The van der Waals surface area contributed by atoms with E-state index in [-0.39, 0.29) is 9.51 Å². The molecule has 0 aliphatic carbocycles. The molecular weight excluding hydrogens is 377 g/mol. The minimum Gasteiger partial charge on any atom is -0.422 e. The Hall–Kier alpha value is -0.620. The molecule has 4 heteroatoms. The number of carbonyl (C=O) groups excluding carboxylic acids is 1. The quantitative estimate of drug-likeness (QED) is 0.183. The summed E-state index contributed by atoms with van der Waals surface area (Å²) in [7, 11) is 4.09. The van der Waals surface area contributed by atoms with Gasteiger partial charge in [-0.1, -0.05) is 26.0 Å². The Balaban J connectivity index is 2.87. The summed E-state index contributed by atoms with van der Waals surface area (Å²) >= 11 is 2.37. The molecule has 0 unspecified atom stereocenters. The molecule has 0 atom stereocenters. The number of esters is 1. The molecule has 0 amide bonds. The number of nitrogens with zero attached hydrogens (tertiary/aromatic N) is 1. The van der Waals surface area contributed by atoms with E-state index >= 15 is 0 Å². The fraction of sp³-hybridized carbons (Fsp3) is 0.588. The maximum atomic E-state index is 12.3. The maximum Gasteiger partial charge on any atom is 0.367 e. The highest BCUT2D eigenvalue weighted by Gasteiger charge is 2.36.